The van der Waals surface area contributed by atoms with Crippen LogP contribution in [0.25, 0.3) is 10.8 Å². The van der Waals surface area contributed by atoms with E-state index in [1.807, 2.05) is 42.5 Å². The molecule has 0 unspecified atom stereocenters. The fourth-order valence-electron chi connectivity index (χ4n) is 2.39. The number of carbonyl (C=O) groups is 3. The first-order chi connectivity index (χ1) is 12.4. The summed E-state index contributed by atoms with van der Waals surface area (Å²) < 4.78 is 0. The first-order valence-electron chi connectivity index (χ1n) is 7.80. The molecule has 0 aromatic heterocycles. The number of imide groups is 1. The summed E-state index contributed by atoms with van der Waals surface area (Å²) in [6.07, 6.45) is 3.47. The van der Waals surface area contributed by atoms with E-state index >= 15 is 0 Å². The number of amides is 3. The van der Waals surface area contributed by atoms with E-state index in [0.29, 0.717) is 17.4 Å². The molecule has 26 heavy (non-hydrogen) atoms. The van der Waals surface area contributed by atoms with Gasteiger partial charge in [0.25, 0.3) is 5.91 Å². The lowest BCUT2D eigenvalue weighted by molar-refractivity contribution is -0.132. The van der Waals surface area contributed by atoms with Crippen molar-refractivity contribution in [2.45, 2.75) is 6.42 Å². The number of urea groups is 1. The van der Waals surface area contributed by atoms with Crippen LogP contribution in [-0.2, 0) is 16.0 Å². The summed E-state index contributed by atoms with van der Waals surface area (Å²) >= 11 is 0. The average Bonchev–Trinajstić information content (AvgIpc) is 2.65. The highest BCUT2D eigenvalue weighted by Gasteiger charge is 2.23. The van der Waals surface area contributed by atoms with Gasteiger partial charge in [-0.25, -0.2) is 14.5 Å². The molecule has 0 heterocycles. The van der Waals surface area contributed by atoms with E-state index in [0.717, 1.165) is 27.3 Å². The molecule has 0 bridgehead atoms. The Kier molecular flexibility index (Phi) is 6.06. The molecule has 132 valence electrons. The summed E-state index contributed by atoms with van der Waals surface area (Å²) in [6.45, 7) is 0.0198. The summed E-state index contributed by atoms with van der Waals surface area (Å²) in [5, 5.41) is 19.6. The maximum absolute atomic E-state index is 12.2. The molecular weight excluding hydrogens is 334 g/mol. The first kappa shape index (κ1) is 18.7. The number of carbonyl (C=O) groups excluding carboxylic acids is 2. The Balaban J connectivity index is 2.19. The molecule has 0 saturated heterocycles. The number of fused-ring (bicyclic) bond motifs is 1. The molecule has 7 heteroatoms. The maximum Gasteiger partial charge on any atom is 0.339 e. The third kappa shape index (κ3) is 4.68. The predicted octanol–water partition coefficient (Wildman–Crippen LogP) is 2.38. The van der Waals surface area contributed by atoms with Gasteiger partial charge in [0.15, 0.2) is 6.19 Å². The zero-order chi connectivity index (χ0) is 19.1. The Labute approximate surface area is 150 Å². The van der Waals surface area contributed by atoms with Crippen LogP contribution in [0.3, 0.4) is 0 Å². The van der Waals surface area contributed by atoms with Crippen LogP contribution in [0.15, 0.2) is 54.6 Å². The van der Waals surface area contributed by atoms with Gasteiger partial charge in [-0.2, -0.15) is 5.26 Å². The number of aliphatic carboxylic acids is 1. The van der Waals surface area contributed by atoms with Crippen LogP contribution in [0.4, 0.5) is 4.79 Å². The molecule has 0 aliphatic heterocycles. The lowest BCUT2D eigenvalue weighted by Crippen LogP contribution is -2.43. The number of hydrogen-bond acceptors (Lipinski definition) is 4. The zero-order valence-corrected chi connectivity index (χ0v) is 14.1. The van der Waals surface area contributed by atoms with Crippen LogP contribution < -0.4 is 0 Å². The zero-order valence-electron chi connectivity index (χ0n) is 14.1. The Hall–Kier alpha value is -3.66. The van der Waals surface area contributed by atoms with Crippen LogP contribution in [0.1, 0.15) is 5.56 Å². The van der Waals surface area contributed by atoms with Crippen molar-refractivity contribution in [1.82, 2.24) is 9.80 Å². The van der Waals surface area contributed by atoms with Gasteiger partial charge >= 0.3 is 12.0 Å². The SMILES string of the molecule is CN(C#N)C(=O)N(CCc1ccc2ccccc2c1)C(=O)/C=C/C(=O)O. The van der Waals surface area contributed by atoms with Crippen LogP contribution in [-0.4, -0.2) is 46.4 Å². The number of nitrogens with zero attached hydrogens (tertiary/aromatic N) is 3. The molecule has 3 amide bonds. The van der Waals surface area contributed by atoms with Crippen LogP contribution >= 0.6 is 0 Å². The Bertz CT molecular complexity index is 914. The van der Waals surface area contributed by atoms with Gasteiger partial charge in [-0.3, -0.25) is 9.69 Å². The van der Waals surface area contributed by atoms with Crippen molar-refractivity contribution >= 4 is 28.7 Å². The topological polar surface area (TPSA) is 102 Å². The fraction of sp³-hybridized carbons (Fsp3) is 0.158. The second-order valence-corrected chi connectivity index (χ2v) is 5.53. The van der Waals surface area contributed by atoms with Crippen LogP contribution in [0.5, 0.6) is 0 Å². The highest BCUT2D eigenvalue weighted by atomic mass is 16.4. The van der Waals surface area contributed by atoms with Crippen molar-refractivity contribution in [3.8, 4) is 6.19 Å². The average molecular weight is 351 g/mol. The molecule has 0 saturated carbocycles. The minimum absolute atomic E-state index is 0.0198. The molecule has 0 fully saturated rings. The molecule has 0 atom stereocenters. The van der Waals surface area contributed by atoms with E-state index in [2.05, 4.69) is 0 Å². The lowest BCUT2D eigenvalue weighted by atomic mass is 10.0. The van der Waals surface area contributed by atoms with E-state index in [1.165, 1.54) is 7.05 Å². The van der Waals surface area contributed by atoms with Gasteiger partial charge in [-0.05, 0) is 22.8 Å². The minimum Gasteiger partial charge on any atom is -0.478 e. The Morgan fingerprint density at radius 3 is 2.46 bits per heavy atom. The van der Waals surface area contributed by atoms with Crippen molar-refractivity contribution in [2.75, 3.05) is 13.6 Å². The number of benzene rings is 2. The van der Waals surface area contributed by atoms with E-state index in [9.17, 15) is 14.4 Å². The van der Waals surface area contributed by atoms with Gasteiger partial charge in [0.05, 0.1) is 0 Å². The van der Waals surface area contributed by atoms with Crippen molar-refractivity contribution in [1.29, 1.82) is 5.26 Å². The third-order valence-corrected chi connectivity index (χ3v) is 3.74. The van der Waals surface area contributed by atoms with Crippen LogP contribution in [0, 0.1) is 11.5 Å². The molecule has 1 N–H and O–H groups in total. The van der Waals surface area contributed by atoms with E-state index in [-0.39, 0.29) is 6.54 Å². The lowest BCUT2D eigenvalue weighted by Gasteiger charge is -2.21. The smallest absolute Gasteiger partial charge is 0.339 e. The number of rotatable bonds is 5. The summed E-state index contributed by atoms with van der Waals surface area (Å²) in [7, 11) is 1.24. The Morgan fingerprint density at radius 2 is 1.81 bits per heavy atom. The molecule has 2 rings (SSSR count). The molecule has 0 radical (unpaired) electrons. The third-order valence-electron chi connectivity index (χ3n) is 3.74. The summed E-state index contributed by atoms with van der Waals surface area (Å²) in [5.74, 6) is -2.09. The van der Waals surface area contributed by atoms with Gasteiger partial charge < -0.3 is 5.11 Å². The van der Waals surface area contributed by atoms with Crippen molar-refractivity contribution in [2.24, 2.45) is 0 Å². The fourth-order valence-corrected chi connectivity index (χ4v) is 2.39. The summed E-state index contributed by atoms with van der Waals surface area (Å²) in [4.78, 5) is 36.5. The number of nitriles is 1. The van der Waals surface area contributed by atoms with Gasteiger partial charge in [-0.15, -0.1) is 0 Å². The number of carboxylic acid groups (broad SMARTS) is 1. The molecule has 0 spiro atoms. The van der Waals surface area contributed by atoms with E-state index in [4.69, 9.17) is 10.4 Å². The minimum atomic E-state index is -1.30. The van der Waals surface area contributed by atoms with Gasteiger partial charge in [0, 0.05) is 25.7 Å². The van der Waals surface area contributed by atoms with Gasteiger partial charge in [0.2, 0.25) is 0 Å². The second kappa shape index (κ2) is 8.44. The predicted molar refractivity (Wildman–Crippen MR) is 94.9 cm³/mol. The Morgan fingerprint density at radius 1 is 1.12 bits per heavy atom. The molecule has 2 aromatic rings. The first-order valence-corrected chi connectivity index (χ1v) is 7.80. The molecule has 2 aromatic carbocycles. The molecular formula is C19H17N3O4. The monoisotopic (exact) mass is 351 g/mol. The van der Waals surface area contributed by atoms with Crippen molar-refractivity contribution in [3.63, 3.8) is 0 Å². The maximum atomic E-state index is 12.2. The van der Waals surface area contributed by atoms with Crippen molar-refractivity contribution < 1.29 is 19.5 Å². The highest BCUT2D eigenvalue weighted by Crippen LogP contribution is 2.16. The molecule has 0 aliphatic carbocycles. The summed E-state index contributed by atoms with van der Waals surface area (Å²) in [5.41, 5.74) is 0.913. The second-order valence-electron chi connectivity index (χ2n) is 5.53. The van der Waals surface area contributed by atoms with E-state index < -0.39 is 17.9 Å². The van der Waals surface area contributed by atoms with E-state index in [1.54, 1.807) is 6.19 Å². The van der Waals surface area contributed by atoms with Crippen LogP contribution in [0.2, 0.25) is 0 Å². The van der Waals surface area contributed by atoms with Crippen molar-refractivity contribution in [3.05, 3.63) is 60.2 Å². The number of carboxylic acids is 1. The molecule has 0 aliphatic rings. The summed E-state index contributed by atoms with van der Waals surface area (Å²) in [6, 6.07) is 12.8. The van der Waals surface area contributed by atoms with Gasteiger partial charge in [0.1, 0.15) is 0 Å². The standard InChI is InChI=1S/C19H17N3O4/c1-21(13-20)19(26)22(17(23)8-9-18(24)25)11-10-14-6-7-15-4-2-3-5-16(15)12-14/h2-9,12H,10-11H2,1H3,(H,24,25)/b9-8+. The normalized spacial score (nSPS) is 10.5. The van der Waals surface area contributed by atoms with Gasteiger partial charge in [-0.1, -0.05) is 42.5 Å². The highest BCUT2D eigenvalue weighted by molar-refractivity contribution is 6.02. The quantitative estimate of drug-likeness (QED) is 0.506. The molecule has 7 nitrogen and oxygen atoms in total. The number of hydrogen-bond donors (Lipinski definition) is 1. The largest absolute Gasteiger partial charge is 0.478 e.